The molecule has 0 saturated carbocycles. The van der Waals surface area contributed by atoms with Crippen LogP contribution in [-0.4, -0.2) is 18.6 Å². The molecule has 0 aromatic heterocycles. The Balaban J connectivity index is 1.99. The summed E-state index contributed by atoms with van der Waals surface area (Å²) in [6, 6.07) is 13.2. The Labute approximate surface area is 143 Å². The lowest BCUT2D eigenvalue weighted by atomic mass is 10.1. The van der Waals surface area contributed by atoms with E-state index in [0.29, 0.717) is 18.7 Å². The minimum Gasteiger partial charge on any atom is -0.494 e. The van der Waals surface area contributed by atoms with Crippen LogP contribution in [0.5, 0.6) is 11.5 Å². The first-order valence-electron chi connectivity index (χ1n) is 8.27. The first kappa shape index (κ1) is 17.9. The average Bonchev–Trinajstić information content (AvgIpc) is 2.54. The Bertz CT molecular complexity index is 695. The van der Waals surface area contributed by atoms with Crippen LogP contribution in [0.2, 0.25) is 0 Å². The molecule has 0 fully saturated rings. The van der Waals surface area contributed by atoms with Gasteiger partial charge in [-0.3, -0.25) is 4.79 Å². The minimum atomic E-state index is -0.101. The number of hydrogen-bond acceptors (Lipinski definition) is 3. The molecule has 0 aliphatic rings. The third-order valence-corrected chi connectivity index (χ3v) is 3.46. The summed E-state index contributed by atoms with van der Waals surface area (Å²) in [7, 11) is 0. The molecule has 4 nitrogen and oxygen atoms in total. The summed E-state index contributed by atoms with van der Waals surface area (Å²) >= 11 is 0. The molecule has 0 unspecified atom stereocenters. The Hall–Kier alpha value is -2.49. The van der Waals surface area contributed by atoms with Gasteiger partial charge in [0.2, 0.25) is 0 Å². The van der Waals surface area contributed by atoms with E-state index in [2.05, 4.69) is 5.32 Å². The fourth-order valence-corrected chi connectivity index (χ4v) is 2.39. The van der Waals surface area contributed by atoms with Crippen LogP contribution >= 0.6 is 0 Å². The second-order valence-corrected chi connectivity index (χ2v) is 5.91. The molecule has 4 heteroatoms. The smallest absolute Gasteiger partial charge is 0.251 e. The van der Waals surface area contributed by atoms with Gasteiger partial charge in [-0.05, 0) is 69.2 Å². The van der Waals surface area contributed by atoms with E-state index in [-0.39, 0.29) is 12.0 Å². The zero-order valence-corrected chi connectivity index (χ0v) is 14.8. The molecule has 0 saturated heterocycles. The number of ether oxygens (including phenoxy) is 2. The van der Waals surface area contributed by atoms with Crippen molar-refractivity contribution in [3.05, 3.63) is 59.2 Å². The predicted molar refractivity (Wildman–Crippen MR) is 95.7 cm³/mol. The van der Waals surface area contributed by atoms with Gasteiger partial charge in [0, 0.05) is 12.1 Å². The lowest BCUT2D eigenvalue weighted by Crippen LogP contribution is -2.23. The second-order valence-electron chi connectivity index (χ2n) is 5.91. The van der Waals surface area contributed by atoms with Gasteiger partial charge in [-0.1, -0.05) is 12.1 Å². The van der Waals surface area contributed by atoms with Crippen LogP contribution in [0.3, 0.4) is 0 Å². The van der Waals surface area contributed by atoms with Gasteiger partial charge in [0.1, 0.15) is 11.5 Å². The highest BCUT2D eigenvalue weighted by atomic mass is 16.5. The van der Waals surface area contributed by atoms with Gasteiger partial charge < -0.3 is 14.8 Å². The van der Waals surface area contributed by atoms with Crippen LogP contribution in [-0.2, 0) is 6.54 Å². The Morgan fingerprint density at radius 3 is 2.62 bits per heavy atom. The Morgan fingerprint density at radius 1 is 1.17 bits per heavy atom. The molecule has 2 aromatic rings. The normalized spacial score (nSPS) is 10.5. The molecule has 1 N–H and O–H groups in total. The van der Waals surface area contributed by atoms with Crippen molar-refractivity contribution < 1.29 is 14.3 Å². The minimum absolute atomic E-state index is 0.101. The highest BCUT2D eigenvalue weighted by molar-refractivity contribution is 5.94. The highest BCUT2D eigenvalue weighted by Crippen LogP contribution is 2.19. The van der Waals surface area contributed by atoms with Crippen LogP contribution in [0.4, 0.5) is 0 Å². The maximum atomic E-state index is 12.3. The fourth-order valence-electron chi connectivity index (χ4n) is 2.39. The monoisotopic (exact) mass is 327 g/mol. The molecule has 0 bridgehead atoms. The number of rotatable bonds is 7. The molecule has 1 amide bonds. The Kier molecular flexibility index (Phi) is 6.24. The van der Waals surface area contributed by atoms with Crippen LogP contribution in [0.1, 0.15) is 42.3 Å². The standard InChI is InChI=1S/C20H25NO3/c1-5-23-19-10-9-17(11-15(19)4)20(22)21-13-16-7-6-8-18(12-16)24-14(2)3/h6-12,14H,5,13H2,1-4H3,(H,21,22). The summed E-state index contributed by atoms with van der Waals surface area (Å²) in [6.07, 6.45) is 0.127. The SMILES string of the molecule is CCOc1ccc(C(=O)NCc2cccc(OC(C)C)c2)cc1C. The number of nitrogens with one attached hydrogen (secondary N) is 1. The van der Waals surface area contributed by atoms with Crippen molar-refractivity contribution in [2.45, 2.75) is 40.3 Å². The van der Waals surface area contributed by atoms with E-state index in [9.17, 15) is 4.79 Å². The zero-order valence-electron chi connectivity index (χ0n) is 14.8. The van der Waals surface area contributed by atoms with Gasteiger partial charge in [0.15, 0.2) is 0 Å². The van der Waals surface area contributed by atoms with E-state index in [1.165, 1.54) is 0 Å². The lowest BCUT2D eigenvalue weighted by molar-refractivity contribution is 0.0950. The third-order valence-electron chi connectivity index (χ3n) is 3.46. The molecule has 0 spiro atoms. The van der Waals surface area contributed by atoms with Gasteiger partial charge in [-0.2, -0.15) is 0 Å². The molecule has 0 atom stereocenters. The van der Waals surface area contributed by atoms with Crippen molar-refractivity contribution in [1.82, 2.24) is 5.32 Å². The van der Waals surface area contributed by atoms with E-state index in [1.807, 2.05) is 64.1 Å². The molecule has 128 valence electrons. The average molecular weight is 327 g/mol. The Morgan fingerprint density at radius 2 is 1.96 bits per heavy atom. The molecule has 0 aliphatic carbocycles. The summed E-state index contributed by atoms with van der Waals surface area (Å²) in [5.74, 6) is 1.53. The van der Waals surface area contributed by atoms with Gasteiger partial charge in [-0.25, -0.2) is 0 Å². The molecular formula is C20H25NO3. The van der Waals surface area contributed by atoms with Gasteiger partial charge >= 0.3 is 0 Å². The molecule has 24 heavy (non-hydrogen) atoms. The van der Waals surface area contributed by atoms with Crippen LogP contribution in [0.25, 0.3) is 0 Å². The first-order valence-corrected chi connectivity index (χ1v) is 8.27. The predicted octanol–water partition coefficient (Wildman–Crippen LogP) is 4.11. The summed E-state index contributed by atoms with van der Waals surface area (Å²) < 4.78 is 11.2. The van der Waals surface area contributed by atoms with Crippen molar-refractivity contribution in [3.8, 4) is 11.5 Å². The van der Waals surface area contributed by atoms with E-state index >= 15 is 0 Å². The number of amides is 1. The fraction of sp³-hybridized carbons (Fsp3) is 0.350. The number of aryl methyl sites for hydroxylation is 1. The van der Waals surface area contributed by atoms with Crippen LogP contribution in [0, 0.1) is 6.92 Å². The van der Waals surface area contributed by atoms with Crippen LogP contribution < -0.4 is 14.8 Å². The van der Waals surface area contributed by atoms with E-state index in [1.54, 1.807) is 6.07 Å². The van der Waals surface area contributed by atoms with Crippen molar-refractivity contribution in [2.24, 2.45) is 0 Å². The maximum absolute atomic E-state index is 12.3. The van der Waals surface area contributed by atoms with Gasteiger partial charge in [0.05, 0.1) is 12.7 Å². The molecule has 0 radical (unpaired) electrons. The van der Waals surface area contributed by atoms with Crippen molar-refractivity contribution in [3.63, 3.8) is 0 Å². The maximum Gasteiger partial charge on any atom is 0.251 e. The van der Waals surface area contributed by atoms with Crippen LogP contribution in [0.15, 0.2) is 42.5 Å². The summed E-state index contributed by atoms with van der Waals surface area (Å²) in [5, 5.41) is 2.94. The second kappa shape index (κ2) is 8.39. The number of hydrogen-bond donors (Lipinski definition) is 1. The first-order chi connectivity index (χ1) is 11.5. The van der Waals surface area contributed by atoms with E-state index in [4.69, 9.17) is 9.47 Å². The highest BCUT2D eigenvalue weighted by Gasteiger charge is 2.08. The third kappa shape index (κ3) is 5.01. The molecule has 2 rings (SSSR count). The lowest BCUT2D eigenvalue weighted by Gasteiger charge is -2.12. The molecule has 0 heterocycles. The van der Waals surface area contributed by atoms with Crippen molar-refractivity contribution >= 4 is 5.91 Å². The largest absolute Gasteiger partial charge is 0.494 e. The zero-order chi connectivity index (χ0) is 17.5. The summed E-state index contributed by atoms with van der Waals surface area (Å²) in [5.41, 5.74) is 2.59. The van der Waals surface area contributed by atoms with E-state index in [0.717, 1.165) is 22.6 Å². The topological polar surface area (TPSA) is 47.6 Å². The van der Waals surface area contributed by atoms with Crippen molar-refractivity contribution in [2.75, 3.05) is 6.61 Å². The summed E-state index contributed by atoms with van der Waals surface area (Å²) in [6.45, 7) is 8.93. The number of carbonyl (C=O) groups excluding carboxylic acids is 1. The van der Waals surface area contributed by atoms with E-state index < -0.39 is 0 Å². The molecule has 0 aliphatic heterocycles. The quantitative estimate of drug-likeness (QED) is 0.832. The van der Waals surface area contributed by atoms with Gasteiger partial charge in [-0.15, -0.1) is 0 Å². The summed E-state index contributed by atoms with van der Waals surface area (Å²) in [4.78, 5) is 12.3. The van der Waals surface area contributed by atoms with Crippen molar-refractivity contribution in [1.29, 1.82) is 0 Å². The molecule has 2 aromatic carbocycles. The number of carbonyl (C=O) groups is 1. The number of benzene rings is 2. The molecular weight excluding hydrogens is 302 g/mol. The van der Waals surface area contributed by atoms with Gasteiger partial charge in [0.25, 0.3) is 5.91 Å².